The topological polar surface area (TPSA) is 147 Å². The molecule has 11 nitrogen and oxygen atoms in total. The van der Waals surface area contributed by atoms with Crippen LogP contribution in [-0.4, -0.2) is 88.8 Å². The van der Waals surface area contributed by atoms with Gasteiger partial charge in [-0.25, -0.2) is 9.59 Å². The Bertz CT molecular complexity index is 1600. The maximum atomic E-state index is 14.4. The number of hydrogen-bond donors (Lipinski definition) is 2. The van der Waals surface area contributed by atoms with Crippen molar-refractivity contribution in [3.63, 3.8) is 0 Å². The fourth-order valence-electron chi connectivity index (χ4n) is 10.8. The van der Waals surface area contributed by atoms with Gasteiger partial charge in [0.05, 0.1) is 41.3 Å². The minimum absolute atomic E-state index is 0.0309. The van der Waals surface area contributed by atoms with Crippen LogP contribution in [0.15, 0.2) is 54.1 Å². The molecule has 3 aliphatic carbocycles. The second kappa shape index (κ2) is 13.6. The summed E-state index contributed by atoms with van der Waals surface area (Å²) in [6, 6.07) is 8.60. The Hall–Kier alpha value is -3.09. The first kappa shape index (κ1) is 38.6. The summed E-state index contributed by atoms with van der Waals surface area (Å²) in [7, 11) is 0. The number of carbonyl (C=O) groups is 3. The smallest absolute Gasteiger partial charge is 0.338 e. The average molecular weight is 725 g/mol. The van der Waals surface area contributed by atoms with E-state index in [1.54, 1.807) is 50.3 Å². The number of carbonyl (C=O) groups excluding carboxylic acids is 3. The molecule has 2 saturated carbocycles. The summed E-state index contributed by atoms with van der Waals surface area (Å²) >= 11 is 0. The summed E-state index contributed by atoms with van der Waals surface area (Å²) in [5, 5.41) is 23.8. The maximum Gasteiger partial charge on any atom is 0.338 e. The van der Waals surface area contributed by atoms with E-state index in [1.165, 1.54) is 6.92 Å². The standard InChI is InChI=1S/C41H56O11/c1-11-30-49-28-18-29-41(20-47-29,52-25(7)42)33-35(51-36(44)26-15-13-12-14-16-26)40(38(8,9)46)19-27(48-37(45)32(43)22(4)17-21(2)3)23(5)31(40)24(6)34(50-30)39(28,33)10/h11-16,21-22,24,27-30,32-35,43,46H,1,17-20H2,2-10H3/t22-,24-,27-,28-,29+,30-,32+,33-,34-,35-,39+,40-,41-/m0/s1. The molecular formula is C41H56O11. The van der Waals surface area contributed by atoms with E-state index in [4.69, 9.17) is 28.4 Å². The first-order chi connectivity index (χ1) is 24.3. The van der Waals surface area contributed by atoms with Crippen LogP contribution in [0.2, 0.25) is 0 Å². The fraction of sp³-hybridized carbons (Fsp3) is 0.683. The van der Waals surface area contributed by atoms with Crippen LogP contribution >= 0.6 is 0 Å². The molecule has 52 heavy (non-hydrogen) atoms. The number of hydrogen-bond acceptors (Lipinski definition) is 11. The molecular weight excluding hydrogens is 668 g/mol. The first-order valence-corrected chi connectivity index (χ1v) is 18.7. The summed E-state index contributed by atoms with van der Waals surface area (Å²) in [4.78, 5) is 41.1. The lowest BCUT2D eigenvalue weighted by Gasteiger charge is -2.67. The van der Waals surface area contributed by atoms with Crippen molar-refractivity contribution in [2.45, 2.75) is 136 Å². The number of benzene rings is 1. The van der Waals surface area contributed by atoms with Crippen molar-refractivity contribution >= 4 is 17.9 Å². The Kier molecular flexibility index (Phi) is 10.1. The highest BCUT2D eigenvalue weighted by atomic mass is 16.7. The lowest BCUT2D eigenvalue weighted by atomic mass is 9.49. The molecule has 0 bridgehead atoms. The quantitative estimate of drug-likeness (QED) is 0.184. The molecule has 11 heteroatoms. The third kappa shape index (κ3) is 5.86. The molecule has 286 valence electrons. The summed E-state index contributed by atoms with van der Waals surface area (Å²) in [5.41, 5.74) is -3.54. The first-order valence-electron chi connectivity index (χ1n) is 18.7. The molecule has 0 aromatic heterocycles. The Balaban J connectivity index is 1.59. The second-order valence-corrected chi connectivity index (χ2v) is 17.0. The highest BCUT2D eigenvalue weighted by Crippen LogP contribution is 2.70. The fourth-order valence-corrected chi connectivity index (χ4v) is 10.8. The third-order valence-corrected chi connectivity index (χ3v) is 12.9. The molecule has 2 N–H and O–H groups in total. The van der Waals surface area contributed by atoms with Gasteiger partial charge in [0, 0.05) is 31.1 Å². The zero-order chi connectivity index (χ0) is 38.1. The van der Waals surface area contributed by atoms with Gasteiger partial charge in [0.2, 0.25) is 0 Å². The molecule has 0 unspecified atom stereocenters. The van der Waals surface area contributed by atoms with Crippen LogP contribution in [0.25, 0.3) is 0 Å². The Morgan fingerprint density at radius 1 is 1.10 bits per heavy atom. The zero-order valence-electron chi connectivity index (χ0n) is 31.9. The summed E-state index contributed by atoms with van der Waals surface area (Å²) < 4.78 is 38.8. The van der Waals surface area contributed by atoms with Crippen LogP contribution in [0, 0.1) is 34.5 Å². The van der Waals surface area contributed by atoms with E-state index in [-0.39, 0.29) is 24.9 Å². The second-order valence-electron chi connectivity index (χ2n) is 17.0. The van der Waals surface area contributed by atoms with Crippen molar-refractivity contribution < 1.29 is 53.0 Å². The van der Waals surface area contributed by atoms with E-state index in [0.717, 1.165) is 5.57 Å². The van der Waals surface area contributed by atoms with Gasteiger partial charge in [0.15, 0.2) is 18.0 Å². The number of aliphatic hydroxyl groups is 2. The molecule has 2 heterocycles. The predicted octanol–water partition coefficient (Wildman–Crippen LogP) is 5.32. The molecule has 0 spiro atoms. The lowest BCUT2D eigenvalue weighted by molar-refractivity contribution is -0.391. The summed E-state index contributed by atoms with van der Waals surface area (Å²) in [6.07, 6.45) is -3.28. The molecule has 13 atom stereocenters. The molecule has 1 aromatic carbocycles. The highest BCUT2D eigenvalue weighted by Gasteiger charge is 2.80. The Labute approximate surface area is 307 Å². The van der Waals surface area contributed by atoms with E-state index >= 15 is 0 Å². The number of rotatable bonds is 10. The van der Waals surface area contributed by atoms with Crippen LogP contribution in [0.5, 0.6) is 0 Å². The van der Waals surface area contributed by atoms with Gasteiger partial charge in [-0.05, 0) is 68.4 Å². The molecule has 5 aliphatic rings. The van der Waals surface area contributed by atoms with E-state index < -0.39 is 94.7 Å². The summed E-state index contributed by atoms with van der Waals surface area (Å²) in [6.45, 7) is 20.5. The van der Waals surface area contributed by atoms with Crippen molar-refractivity contribution in [2.75, 3.05) is 6.61 Å². The van der Waals surface area contributed by atoms with E-state index in [0.29, 0.717) is 24.0 Å². The van der Waals surface area contributed by atoms with Gasteiger partial charge >= 0.3 is 17.9 Å². The van der Waals surface area contributed by atoms with E-state index in [2.05, 4.69) is 6.58 Å². The van der Waals surface area contributed by atoms with Gasteiger partial charge in [-0.3, -0.25) is 4.79 Å². The number of fused-ring (bicyclic) bond motifs is 3. The number of esters is 3. The van der Waals surface area contributed by atoms with Gasteiger partial charge in [0.1, 0.15) is 18.3 Å². The molecule has 0 radical (unpaired) electrons. The predicted molar refractivity (Wildman–Crippen MR) is 190 cm³/mol. The maximum absolute atomic E-state index is 14.4. The van der Waals surface area contributed by atoms with Gasteiger partial charge in [-0.15, -0.1) is 0 Å². The average Bonchev–Trinajstić information content (AvgIpc) is 3.33. The number of aliphatic hydroxyl groups excluding tert-OH is 1. The molecule has 6 rings (SSSR count). The molecule has 2 saturated heterocycles. The largest absolute Gasteiger partial charge is 0.457 e. The van der Waals surface area contributed by atoms with Gasteiger partial charge in [0.25, 0.3) is 0 Å². The van der Waals surface area contributed by atoms with Crippen molar-refractivity contribution in [3.8, 4) is 0 Å². The van der Waals surface area contributed by atoms with E-state index in [9.17, 15) is 24.6 Å². The van der Waals surface area contributed by atoms with Crippen LogP contribution in [0.1, 0.15) is 91.9 Å². The minimum Gasteiger partial charge on any atom is -0.457 e. The SMILES string of the molecule is C=C[C@H]1O[C@H]2C[C@H]3OC[C@@]3(OC(C)=O)[C@H]3[C@H](OC(=O)c4ccccc4)[C@]4(C(C)(C)O)C[C@H](OC(=O)[C@H](O)[C@@H](C)CC(C)C)C(C)=C4[C@H](C)[C@H](O1)[C@]23C. The molecule has 0 amide bonds. The van der Waals surface area contributed by atoms with Gasteiger partial charge < -0.3 is 38.6 Å². The van der Waals surface area contributed by atoms with Crippen molar-refractivity contribution in [1.29, 1.82) is 0 Å². The number of ether oxygens (including phenoxy) is 6. The minimum atomic E-state index is -1.61. The monoisotopic (exact) mass is 724 g/mol. The molecule has 4 fully saturated rings. The Morgan fingerprint density at radius 2 is 1.77 bits per heavy atom. The lowest BCUT2D eigenvalue weighted by Crippen LogP contribution is -2.80. The van der Waals surface area contributed by atoms with Crippen molar-refractivity contribution in [1.82, 2.24) is 0 Å². The molecule has 2 aliphatic heterocycles. The van der Waals surface area contributed by atoms with Crippen LogP contribution in [-0.2, 0) is 38.0 Å². The zero-order valence-corrected chi connectivity index (χ0v) is 31.9. The van der Waals surface area contributed by atoms with Crippen LogP contribution in [0.4, 0.5) is 0 Å². The molecule has 1 aromatic rings. The van der Waals surface area contributed by atoms with Crippen LogP contribution < -0.4 is 0 Å². The van der Waals surface area contributed by atoms with Crippen molar-refractivity contribution in [3.05, 3.63) is 59.7 Å². The normalized spacial score (nSPS) is 39.2. The third-order valence-electron chi connectivity index (χ3n) is 12.9. The highest BCUT2D eigenvalue weighted by molar-refractivity contribution is 5.89. The van der Waals surface area contributed by atoms with Gasteiger partial charge in [-0.1, -0.05) is 59.4 Å². The summed E-state index contributed by atoms with van der Waals surface area (Å²) in [5.74, 6) is -3.27. The van der Waals surface area contributed by atoms with Crippen molar-refractivity contribution in [2.24, 2.45) is 34.5 Å². The van der Waals surface area contributed by atoms with Gasteiger partial charge in [-0.2, -0.15) is 0 Å². The van der Waals surface area contributed by atoms with Crippen LogP contribution in [0.3, 0.4) is 0 Å². The Morgan fingerprint density at radius 3 is 2.33 bits per heavy atom. The van der Waals surface area contributed by atoms with E-state index in [1.807, 2.05) is 41.5 Å².